The van der Waals surface area contributed by atoms with Gasteiger partial charge in [-0.25, -0.2) is 0 Å². The first-order valence-corrected chi connectivity index (χ1v) is 9.06. The average Bonchev–Trinajstić information content (AvgIpc) is 2.60. The molecule has 2 atom stereocenters. The Balaban J connectivity index is 1.72. The number of benzene rings is 1. The third-order valence-corrected chi connectivity index (χ3v) is 4.61. The highest BCUT2D eigenvalue weighted by Gasteiger charge is 2.15. The first kappa shape index (κ1) is 18.4. The summed E-state index contributed by atoms with van der Waals surface area (Å²) >= 11 is 0. The van der Waals surface area contributed by atoms with Gasteiger partial charge in [0.05, 0.1) is 13.2 Å². The van der Waals surface area contributed by atoms with Crippen LogP contribution in [0.25, 0.3) is 0 Å². The van der Waals surface area contributed by atoms with Gasteiger partial charge in [0.2, 0.25) is 0 Å². The average molecular weight is 319 g/mol. The molecule has 0 spiro atoms. The Bertz CT molecular complexity index is 425. The minimum Gasteiger partial charge on any atom is -0.379 e. The molecule has 0 radical (unpaired) electrons. The number of morpholine rings is 1. The monoisotopic (exact) mass is 319 g/mol. The van der Waals surface area contributed by atoms with Crippen LogP contribution < -0.4 is 10.6 Å². The molecule has 23 heavy (non-hydrogen) atoms. The molecule has 2 unspecified atom stereocenters. The molecule has 4 heteroatoms. The third-order valence-electron chi connectivity index (χ3n) is 4.61. The number of nitrogens with one attached hydrogen (secondary N) is 2. The van der Waals surface area contributed by atoms with Gasteiger partial charge in [-0.2, -0.15) is 0 Å². The summed E-state index contributed by atoms with van der Waals surface area (Å²) in [6, 6.07) is 10.0. The van der Waals surface area contributed by atoms with Crippen molar-refractivity contribution in [3.05, 3.63) is 35.4 Å². The minimum absolute atomic E-state index is 0.489. The highest BCUT2D eigenvalue weighted by atomic mass is 16.5. The number of hydrogen-bond donors (Lipinski definition) is 2. The lowest BCUT2D eigenvalue weighted by Gasteiger charge is -2.26. The molecule has 1 heterocycles. The fourth-order valence-electron chi connectivity index (χ4n) is 3.04. The third kappa shape index (κ3) is 6.60. The first-order valence-electron chi connectivity index (χ1n) is 9.06. The van der Waals surface area contributed by atoms with Crippen molar-refractivity contribution in [1.29, 1.82) is 0 Å². The van der Waals surface area contributed by atoms with Crippen LogP contribution in [0, 0.1) is 0 Å². The van der Waals surface area contributed by atoms with Crippen LogP contribution in [0.15, 0.2) is 24.3 Å². The van der Waals surface area contributed by atoms with Gasteiger partial charge in [0.1, 0.15) is 0 Å². The van der Waals surface area contributed by atoms with Crippen LogP contribution in [0.1, 0.15) is 38.3 Å². The van der Waals surface area contributed by atoms with Crippen molar-refractivity contribution in [3.63, 3.8) is 0 Å². The van der Waals surface area contributed by atoms with Crippen molar-refractivity contribution >= 4 is 0 Å². The maximum Gasteiger partial charge on any atom is 0.0620 e. The Morgan fingerprint density at radius 3 is 2.52 bits per heavy atom. The summed E-state index contributed by atoms with van der Waals surface area (Å²) in [6.07, 6.45) is 1.11. The van der Waals surface area contributed by atoms with Crippen LogP contribution in [0.5, 0.6) is 0 Å². The van der Waals surface area contributed by atoms with Crippen LogP contribution in [-0.2, 0) is 17.8 Å². The molecule has 0 amide bonds. The zero-order valence-electron chi connectivity index (χ0n) is 15.0. The van der Waals surface area contributed by atoms with Gasteiger partial charge >= 0.3 is 0 Å². The van der Waals surface area contributed by atoms with E-state index in [0.717, 1.165) is 52.4 Å². The Labute approximate surface area is 141 Å². The largest absolute Gasteiger partial charge is 0.379 e. The van der Waals surface area contributed by atoms with E-state index < -0.39 is 0 Å². The Kier molecular flexibility index (Phi) is 8.03. The lowest BCUT2D eigenvalue weighted by Crippen LogP contribution is -2.44. The Hall–Kier alpha value is -0.940. The summed E-state index contributed by atoms with van der Waals surface area (Å²) < 4.78 is 5.51. The highest BCUT2D eigenvalue weighted by Crippen LogP contribution is 2.09. The predicted octanol–water partition coefficient (Wildman–Crippen LogP) is 2.38. The summed E-state index contributed by atoms with van der Waals surface area (Å²) in [7, 11) is 0. The van der Waals surface area contributed by atoms with Gasteiger partial charge < -0.3 is 15.4 Å². The second-order valence-corrected chi connectivity index (χ2v) is 6.52. The minimum atomic E-state index is 0.489. The Morgan fingerprint density at radius 1 is 1.22 bits per heavy atom. The Morgan fingerprint density at radius 2 is 1.91 bits per heavy atom. The maximum atomic E-state index is 5.51. The molecule has 2 rings (SSSR count). The molecule has 4 nitrogen and oxygen atoms in total. The molecule has 0 saturated carbocycles. The quantitative estimate of drug-likeness (QED) is 0.733. The van der Waals surface area contributed by atoms with Crippen molar-refractivity contribution in [1.82, 2.24) is 15.5 Å². The summed E-state index contributed by atoms with van der Waals surface area (Å²) in [4.78, 5) is 2.44. The molecular formula is C19H33N3O. The first-order chi connectivity index (χ1) is 11.2. The van der Waals surface area contributed by atoms with E-state index in [9.17, 15) is 0 Å². The summed E-state index contributed by atoms with van der Waals surface area (Å²) in [5.74, 6) is 0. The van der Waals surface area contributed by atoms with Crippen LogP contribution in [0.4, 0.5) is 0 Å². The summed E-state index contributed by atoms with van der Waals surface area (Å²) in [6.45, 7) is 13.5. The molecule has 1 saturated heterocycles. The summed E-state index contributed by atoms with van der Waals surface area (Å²) in [5, 5.41) is 7.14. The molecular weight excluding hydrogens is 286 g/mol. The van der Waals surface area contributed by atoms with Gasteiger partial charge in [0, 0.05) is 31.7 Å². The molecule has 0 aliphatic carbocycles. The molecule has 1 aromatic rings. The smallest absolute Gasteiger partial charge is 0.0620 e. The van der Waals surface area contributed by atoms with Gasteiger partial charge in [-0.3, -0.25) is 4.90 Å². The van der Waals surface area contributed by atoms with Crippen LogP contribution in [0.3, 0.4) is 0 Å². The van der Waals surface area contributed by atoms with Crippen molar-refractivity contribution in [3.8, 4) is 0 Å². The number of rotatable bonds is 9. The zero-order valence-corrected chi connectivity index (χ0v) is 15.0. The standard InChI is InChI=1S/C19H33N3O/c1-4-22(5-2)14-18-8-6-17(7-9-18)13-21-16(3)12-19-15-23-11-10-20-19/h6-9,16,19-21H,4-5,10-15H2,1-3H3. The molecule has 0 bridgehead atoms. The number of nitrogens with zero attached hydrogens (tertiary/aromatic N) is 1. The fourth-order valence-corrected chi connectivity index (χ4v) is 3.04. The van der Waals surface area contributed by atoms with Crippen LogP contribution in [-0.4, -0.2) is 49.8 Å². The second-order valence-electron chi connectivity index (χ2n) is 6.52. The van der Waals surface area contributed by atoms with E-state index in [4.69, 9.17) is 4.74 Å². The molecule has 1 aliphatic heterocycles. The predicted molar refractivity (Wildman–Crippen MR) is 96.6 cm³/mol. The lowest BCUT2D eigenvalue weighted by atomic mass is 10.1. The van der Waals surface area contributed by atoms with E-state index in [0.29, 0.717) is 12.1 Å². The van der Waals surface area contributed by atoms with Crippen LogP contribution >= 0.6 is 0 Å². The molecule has 1 fully saturated rings. The van der Waals surface area contributed by atoms with Gasteiger partial charge in [0.15, 0.2) is 0 Å². The van der Waals surface area contributed by atoms with Gasteiger partial charge in [-0.05, 0) is 37.6 Å². The van der Waals surface area contributed by atoms with Crippen molar-refractivity contribution in [2.24, 2.45) is 0 Å². The molecule has 2 N–H and O–H groups in total. The van der Waals surface area contributed by atoms with E-state index in [1.807, 2.05) is 0 Å². The zero-order chi connectivity index (χ0) is 16.5. The topological polar surface area (TPSA) is 36.5 Å². The molecule has 0 aromatic heterocycles. The molecule has 1 aromatic carbocycles. The SMILES string of the molecule is CCN(CC)Cc1ccc(CNC(C)CC2COCCN2)cc1. The van der Waals surface area contributed by atoms with Crippen molar-refractivity contribution < 1.29 is 4.74 Å². The van der Waals surface area contributed by atoms with E-state index >= 15 is 0 Å². The van der Waals surface area contributed by atoms with Crippen molar-refractivity contribution in [2.75, 3.05) is 32.8 Å². The van der Waals surface area contributed by atoms with E-state index in [2.05, 4.69) is 60.6 Å². The molecule has 1 aliphatic rings. The number of ether oxygens (including phenoxy) is 1. The van der Waals surface area contributed by atoms with Crippen LogP contribution in [0.2, 0.25) is 0 Å². The van der Waals surface area contributed by atoms with E-state index in [1.165, 1.54) is 11.1 Å². The normalized spacial score (nSPS) is 19.9. The van der Waals surface area contributed by atoms with Gasteiger partial charge in [-0.15, -0.1) is 0 Å². The van der Waals surface area contributed by atoms with E-state index in [-0.39, 0.29) is 0 Å². The van der Waals surface area contributed by atoms with Gasteiger partial charge in [-0.1, -0.05) is 38.1 Å². The summed E-state index contributed by atoms with van der Waals surface area (Å²) in [5.41, 5.74) is 2.75. The lowest BCUT2D eigenvalue weighted by molar-refractivity contribution is 0.0712. The van der Waals surface area contributed by atoms with Crippen molar-refractivity contribution in [2.45, 2.75) is 52.4 Å². The number of hydrogen-bond acceptors (Lipinski definition) is 4. The molecule has 130 valence electrons. The second kappa shape index (κ2) is 10.0. The maximum absolute atomic E-state index is 5.51. The fraction of sp³-hybridized carbons (Fsp3) is 0.684. The highest BCUT2D eigenvalue weighted by molar-refractivity contribution is 5.22. The van der Waals surface area contributed by atoms with Gasteiger partial charge in [0.25, 0.3) is 0 Å². The van der Waals surface area contributed by atoms with E-state index in [1.54, 1.807) is 0 Å².